The molecule has 0 aliphatic heterocycles. The Morgan fingerprint density at radius 1 is 1.06 bits per heavy atom. The molecule has 0 bridgehead atoms. The minimum Gasteiger partial charge on any atom is -0.268 e. The van der Waals surface area contributed by atoms with Crippen molar-refractivity contribution in [1.82, 2.24) is 14.5 Å². The van der Waals surface area contributed by atoms with Crippen LogP contribution in [0.2, 0.25) is 10.0 Å². The van der Waals surface area contributed by atoms with E-state index in [9.17, 15) is 17.6 Å². The normalized spacial score (nSPS) is 11.9. The number of carbonyl (C=O) groups is 1. The zero-order chi connectivity index (χ0) is 24.6. The van der Waals surface area contributed by atoms with Crippen molar-refractivity contribution >= 4 is 62.2 Å². The van der Waals surface area contributed by atoms with E-state index in [2.05, 4.69) is 5.10 Å². The molecule has 1 heterocycles. The van der Waals surface area contributed by atoms with E-state index >= 15 is 0 Å². The summed E-state index contributed by atoms with van der Waals surface area (Å²) in [5.41, 5.74) is 2.98. The lowest BCUT2D eigenvalue weighted by atomic mass is 10.1. The van der Waals surface area contributed by atoms with Crippen LogP contribution >= 0.6 is 23.2 Å². The molecule has 0 fully saturated rings. The number of hydrogen-bond donors (Lipinski definition) is 1. The van der Waals surface area contributed by atoms with Crippen LogP contribution in [0.15, 0.2) is 54.6 Å². The molecule has 34 heavy (non-hydrogen) atoms. The Morgan fingerprint density at radius 2 is 1.76 bits per heavy atom. The molecule has 0 aliphatic rings. The van der Waals surface area contributed by atoms with Gasteiger partial charge in [0.2, 0.25) is 10.0 Å². The first-order valence-corrected chi connectivity index (χ1v) is 12.6. The van der Waals surface area contributed by atoms with Crippen molar-refractivity contribution in [1.29, 1.82) is 0 Å². The van der Waals surface area contributed by atoms with E-state index in [1.54, 1.807) is 22.9 Å². The van der Waals surface area contributed by atoms with E-state index < -0.39 is 27.3 Å². The number of carbonyl (C=O) groups excluding carboxylic acids is 1. The van der Waals surface area contributed by atoms with Gasteiger partial charge >= 0.3 is 0 Å². The first-order chi connectivity index (χ1) is 16.0. The van der Waals surface area contributed by atoms with Crippen LogP contribution in [0.25, 0.3) is 28.7 Å². The number of aryl methyl sites for hydroxylation is 1. The predicted octanol–water partition coefficient (Wildman–Crippen LogP) is 5.64. The minimum atomic E-state index is -3.87. The lowest BCUT2D eigenvalue weighted by molar-refractivity contribution is 0.0978. The summed E-state index contributed by atoms with van der Waals surface area (Å²) in [5, 5.41) is 5.82. The summed E-state index contributed by atoms with van der Waals surface area (Å²) >= 11 is 12.6. The Kier molecular flexibility index (Phi) is 6.49. The number of benzene rings is 3. The van der Waals surface area contributed by atoms with Gasteiger partial charge in [0.15, 0.2) is 0 Å². The van der Waals surface area contributed by atoms with Crippen LogP contribution in [0.5, 0.6) is 0 Å². The fourth-order valence-corrected chi connectivity index (χ4v) is 4.23. The zero-order valence-corrected chi connectivity index (χ0v) is 20.3. The second-order valence-corrected chi connectivity index (χ2v) is 10.3. The summed E-state index contributed by atoms with van der Waals surface area (Å²) in [5.74, 6) is -2.07. The first kappa shape index (κ1) is 23.9. The van der Waals surface area contributed by atoms with Gasteiger partial charge in [-0.1, -0.05) is 59.1 Å². The van der Waals surface area contributed by atoms with Crippen molar-refractivity contribution in [2.45, 2.75) is 6.92 Å². The van der Waals surface area contributed by atoms with Crippen molar-refractivity contribution in [2.75, 3.05) is 6.26 Å². The van der Waals surface area contributed by atoms with Crippen LogP contribution in [0.3, 0.4) is 0 Å². The summed E-state index contributed by atoms with van der Waals surface area (Å²) in [4.78, 5) is 12.1. The average Bonchev–Trinajstić information content (AvgIpc) is 3.11. The average molecular weight is 518 g/mol. The van der Waals surface area contributed by atoms with Gasteiger partial charge in [0.25, 0.3) is 5.91 Å². The van der Waals surface area contributed by atoms with Gasteiger partial charge in [-0.15, -0.1) is 0 Å². The molecule has 174 valence electrons. The third-order valence-corrected chi connectivity index (χ3v) is 6.06. The van der Waals surface area contributed by atoms with Gasteiger partial charge in [0.05, 0.1) is 33.7 Å². The minimum absolute atomic E-state index is 0.00784. The Hall–Kier alpha value is -3.20. The van der Waals surface area contributed by atoms with Crippen LogP contribution in [0.1, 0.15) is 27.2 Å². The van der Waals surface area contributed by atoms with E-state index in [0.29, 0.717) is 21.6 Å². The number of hydrogen-bond acceptors (Lipinski definition) is 4. The third-order valence-electron chi connectivity index (χ3n) is 4.97. The predicted molar refractivity (Wildman–Crippen MR) is 133 cm³/mol. The van der Waals surface area contributed by atoms with Gasteiger partial charge in [0, 0.05) is 16.5 Å². The highest BCUT2D eigenvalue weighted by atomic mass is 35.5. The van der Waals surface area contributed by atoms with E-state index in [4.69, 9.17) is 23.2 Å². The van der Waals surface area contributed by atoms with E-state index in [1.165, 1.54) is 4.68 Å². The number of fused-ring (bicyclic) bond motifs is 1. The molecule has 1 aromatic heterocycles. The van der Waals surface area contributed by atoms with Gasteiger partial charge < -0.3 is 0 Å². The molecule has 0 saturated carbocycles. The number of halogens is 3. The molecule has 0 spiro atoms. The monoisotopic (exact) mass is 517 g/mol. The highest BCUT2D eigenvalue weighted by molar-refractivity contribution is 7.89. The van der Waals surface area contributed by atoms with Crippen molar-refractivity contribution in [3.63, 3.8) is 0 Å². The van der Waals surface area contributed by atoms with Crippen molar-refractivity contribution < 1.29 is 17.6 Å². The zero-order valence-electron chi connectivity index (χ0n) is 18.0. The molecule has 1 amide bonds. The summed E-state index contributed by atoms with van der Waals surface area (Å²) in [6, 6.07) is 15.2. The van der Waals surface area contributed by atoms with E-state index in [-0.39, 0.29) is 10.7 Å². The summed E-state index contributed by atoms with van der Waals surface area (Å²) in [7, 11) is -3.87. The smallest absolute Gasteiger partial charge is 0.267 e. The number of nitrogens with zero attached hydrogens (tertiary/aromatic N) is 2. The molecule has 10 heteroatoms. The van der Waals surface area contributed by atoms with Crippen molar-refractivity contribution in [2.24, 2.45) is 0 Å². The quantitative estimate of drug-likeness (QED) is 0.371. The summed E-state index contributed by atoms with van der Waals surface area (Å²) in [6.07, 6.45) is 4.51. The van der Waals surface area contributed by atoms with Crippen molar-refractivity contribution in [3.8, 4) is 5.69 Å². The summed E-state index contributed by atoms with van der Waals surface area (Å²) < 4.78 is 40.7. The Labute approximate surface area is 205 Å². The van der Waals surface area contributed by atoms with E-state index in [0.717, 1.165) is 29.5 Å². The maximum absolute atomic E-state index is 14.8. The Balaban J connectivity index is 1.81. The molecule has 4 rings (SSSR count). The molecule has 6 nitrogen and oxygen atoms in total. The highest BCUT2D eigenvalue weighted by Crippen LogP contribution is 2.31. The molecule has 0 unspecified atom stereocenters. The lowest BCUT2D eigenvalue weighted by Crippen LogP contribution is -2.30. The molecule has 1 N–H and O–H groups in total. The number of amides is 1. The molecule has 0 atom stereocenters. The van der Waals surface area contributed by atoms with Crippen LogP contribution < -0.4 is 4.72 Å². The van der Waals surface area contributed by atoms with Crippen LogP contribution in [0.4, 0.5) is 4.39 Å². The van der Waals surface area contributed by atoms with Crippen LogP contribution in [-0.2, 0) is 10.0 Å². The SMILES string of the molecule is Cc1ccc(/C=C/c2nn(-c3cc(F)c(C(=O)NS(C)(=O)=O)cc3Cl)c3ccc(Cl)cc23)cc1. The van der Waals surface area contributed by atoms with Gasteiger partial charge in [-0.2, -0.15) is 5.10 Å². The standard InChI is InChI=1S/C24H18Cl2FN3O3S/c1-14-3-5-15(6-4-14)7-9-21-18-11-16(25)8-10-22(18)30(28-21)23-13-20(27)17(12-19(23)26)24(31)29-34(2,32)33/h3-13H,1-2H3,(H,29,31)/b9-7+. The first-order valence-electron chi connectivity index (χ1n) is 9.96. The lowest BCUT2D eigenvalue weighted by Gasteiger charge is -2.10. The second kappa shape index (κ2) is 9.21. The number of nitrogens with one attached hydrogen (secondary N) is 1. The van der Waals surface area contributed by atoms with Gasteiger partial charge in [-0.25, -0.2) is 22.2 Å². The summed E-state index contributed by atoms with van der Waals surface area (Å²) in [6.45, 7) is 2.00. The van der Waals surface area contributed by atoms with Gasteiger partial charge in [0.1, 0.15) is 5.82 Å². The molecule has 0 radical (unpaired) electrons. The molecular formula is C24H18Cl2FN3O3S. The molecular weight excluding hydrogens is 500 g/mol. The van der Waals surface area contributed by atoms with Gasteiger partial charge in [-0.05, 0) is 42.8 Å². The topological polar surface area (TPSA) is 81.1 Å². The van der Waals surface area contributed by atoms with Crippen LogP contribution in [-0.4, -0.2) is 30.4 Å². The molecule has 4 aromatic rings. The van der Waals surface area contributed by atoms with Crippen molar-refractivity contribution in [3.05, 3.63) is 92.8 Å². The van der Waals surface area contributed by atoms with Gasteiger partial charge in [-0.3, -0.25) is 4.79 Å². The Morgan fingerprint density at radius 3 is 2.44 bits per heavy atom. The fraction of sp³-hybridized carbons (Fsp3) is 0.0833. The Bertz CT molecular complexity index is 1560. The largest absolute Gasteiger partial charge is 0.268 e. The fourth-order valence-electron chi connectivity index (χ4n) is 3.37. The number of aromatic nitrogens is 2. The highest BCUT2D eigenvalue weighted by Gasteiger charge is 2.20. The second-order valence-electron chi connectivity index (χ2n) is 7.69. The third kappa shape index (κ3) is 5.14. The maximum atomic E-state index is 14.8. The van der Waals surface area contributed by atoms with Crippen LogP contribution in [0, 0.1) is 12.7 Å². The maximum Gasteiger partial charge on any atom is 0.267 e. The molecule has 3 aromatic carbocycles. The molecule has 0 saturated heterocycles. The van der Waals surface area contributed by atoms with E-state index in [1.807, 2.05) is 43.3 Å². The molecule has 0 aliphatic carbocycles. The number of sulfonamides is 1. The number of rotatable bonds is 5.